The average Bonchev–Trinajstić information content (AvgIpc) is 3.44. The number of halogens is 3. The summed E-state index contributed by atoms with van der Waals surface area (Å²) in [7, 11) is 0. The molecule has 0 bridgehead atoms. The van der Waals surface area contributed by atoms with Crippen LogP contribution in [0.4, 0.5) is 8.78 Å². The fraction of sp³-hybridized carbons (Fsp3) is 0.458. The lowest BCUT2D eigenvalue weighted by atomic mass is 9.94. The van der Waals surface area contributed by atoms with Gasteiger partial charge in [-0.05, 0) is 37.0 Å². The van der Waals surface area contributed by atoms with Crippen LogP contribution in [0, 0.1) is 12.8 Å². The molecule has 10 heteroatoms. The number of benzene rings is 1. The van der Waals surface area contributed by atoms with E-state index in [1.54, 1.807) is 16.2 Å². The molecule has 1 saturated heterocycles. The van der Waals surface area contributed by atoms with E-state index in [0.29, 0.717) is 24.4 Å². The van der Waals surface area contributed by atoms with E-state index in [4.69, 9.17) is 11.6 Å². The molecular formula is C24H24ClF2N5OS. The van der Waals surface area contributed by atoms with Crippen LogP contribution in [-0.2, 0) is 24.2 Å². The number of hydrogen-bond acceptors (Lipinski definition) is 5. The standard InChI is InChI=1S/C24H24ClF2N5OS/c1-13-29-30-19-12-28-21(15-4-2-3-5-17(15)25)20-16-10-14(11-18(16)34-23(20)32(13)19)22(33)31-8-6-24(26,27)7-9-31/h2-5,14,21,28H,6-12H2,1H3/t14-,21-/m0/s1. The molecule has 1 fully saturated rings. The number of rotatable bonds is 2. The molecule has 2 aliphatic heterocycles. The molecular weight excluding hydrogens is 480 g/mol. The van der Waals surface area contributed by atoms with Gasteiger partial charge in [0.25, 0.3) is 5.92 Å². The Balaban J connectivity index is 1.38. The maximum Gasteiger partial charge on any atom is 0.251 e. The summed E-state index contributed by atoms with van der Waals surface area (Å²) in [5.41, 5.74) is 3.27. The van der Waals surface area contributed by atoms with Gasteiger partial charge < -0.3 is 4.90 Å². The number of amides is 1. The predicted octanol–water partition coefficient (Wildman–Crippen LogP) is 4.46. The van der Waals surface area contributed by atoms with Gasteiger partial charge in [-0.3, -0.25) is 14.7 Å². The zero-order valence-electron chi connectivity index (χ0n) is 18.7. The minimum absolute atomic E-state index is 0.00954. The summed E-state index contributed by atoms with van der Waals surface area (Å²) in [5, 5.41) is 14.0. The van der Waals surface area contributed by atoms with Crippen LogP contribution < -0.4 is 5.32 Å². The highest BCUT2D eigenvalue weighted by atomic mass is 35.5. The Morgan fingerprint density at radius 1 is 1.21 bits per heavy atom. The molecule has 2 atom stereocenters. The van der Waals surface area contributed by atoms with Crippen molar-refractivity contribution in [3.8, 4) is 5.00 Å². The number of fused-ring (bicyclic) bond motifs is 5. The summed E-state index contributed by atoms with van der Waals surface area (Å²) in [5.74, 6) is -1.22. The van der Waals surface area contributed by atoms with Gasteiger partial charge in [-0.25, -0.2) is 8.78 Å². The summed E-state index contributed by atoms with van der Waals surface area (Å²) >= 11 is 8.30. The molecule has 178 valence electrons. The number of aromatic nitrogens is 3. The number of alkyl halides is 2. The first kappa shape index (κ1) is 22.1. The average molecular weight is 504 g/mol. The van der Waals surface area contributed by atoms with Crippen LogP contribution in [0.25, 0.3) is 5.00 Å². The van der Waals surface area contributed by atoms with E-state index in [0.717, 1.165) is 27.8 Å². The number of nitrogens with zero attached hydrogens (tertiary/aromatic N) is 4. The number of piperidine rings is 1. The summed E-state index contributed by atoms with van der Waals surface area (Å²) in [6.45, 7) is 2.74. The van der Waals surface area contributed by atoms with Crippen molar-refractivity contribution >= 4 is 28.8 Å². The van der Waals surface area contributed by atoms with E-state index >= 15 is 0 Å². The van der Waals surface area contributed by atoms with E-state index < -0.39 is 5.92 Å². The molecule has 0 radical (unpaired) electrons. The van der Waals surface area contributed by atoms with Gasteiger partial charge in [-0.1, -0.05) is 29.8 Å². The molecule has 6 rings (SSSR count). The van der Waals surface area contributed by atoms with Crippen molar-refractivity contribution in [2.75, 3.05) is 13.1 Å². The number of likely N-dealkylation sites (tertiary alicyclic amines) is 1. The monoisotopic (exact) mass is 503 g/mol. The Morgan fingerprint density at radius 2 is 1.97 bits per heavy atom. The third-order valence-corrected chi connectivity index (χ3v) is 8.81. The molecule has 34 heavy (non-hydrogen) atoms. The van der Waals surface area contributed by atoms with Gasteiger partial charge in [0.1, 0.15) is 10.8 Å². The fourth-order valence-electron chi connectivity index (χ4n) is 5.45. The van der Waals surface area contributed by atoms with E-state index in [9.17, 15) is 13.6 Å². The minimum atomic E-state index is -2.66. The van der Waals surface area contributed by atoms with Crippen LogP contribution >= 0.6 is 22.9 Å². The lowest BCUT2D eigenvalue weighted by Crippen LogP contribution is -2.45. The number of carbonyl (C=O) groups is 1. The zero-order valence-corrected chi connectivity index (χ0v) is 20.2. The second-order valence-electron chi connectivity index (χ2n) is 9.34. The molecule has 1 N–H and O–H groups in total. The first-order valence-electron chi connectivity index (χ1n) is 11.5. The summed E-state index contributed by atoms with van der Waals surface area (Å²) < 4.78 is 29.3. The quantitative estimate of drug-likeness (QED) is 0.561. The van der Waals surface area contributed by atoms with Crippen molar-refractivity contribution in [2.45, 2.75) is 51.1 Å². The predicted molar refractivity (Wildman–Crippen MR) is 126 cm³/mol. The fourth-order valence-corrected chi connectivity index (χ4v) is 7.21. The number of aryl methyl sites for hydroxylation is 1. The van der Waals surface area contributed by atoms with Crippen LogP contribution in [0.15, 0.2) is 24.3 Å². The van der Waals surface area contributed by atoms with Gasteiger partial charge in [-0.2, -0.15) is 0 Å². The Bertz CT molecular complexity index is 1280. The van der Waals surface area contributed by atoms with Crippen LogP contribution in [-0.4, -0.2) is 44.6 Å². The number of thiophene rings is 1. The van der Waals surface area contributed by atoms with Gasteiger partial charge in [-0.15, -0.1) is 21.5 Å². The molecule has 0 spiro atoms. The smallest absolute Gasteiger partial charge is 0.251 e. The van der Waals surface area contributed by atoms with Crippen LogP contribution in [0.3, 0.4) is 0 Å². The van der Waals surface area contributed by atoms with E-state index in [-0.39, 0.29) is 43.8 Å². The zero-order chi connectivity index (χ0) is 23.6. The Kier molecular flexibility index (Phi) is 5.27. The topological polar surface area (TPSA) is 63.1 Å². The minimum Gasteiger partial charge on any atom is -0.342 e. The SMILES string of the molecule is Cc1nnc2n1-c1sc3c(c1[C@H](c1ccccc1Cl)NC2)C[C@H](C(=O)N1CCC(F)(F)CC1)C3. The van der Waals surface area contributed by atoms with Crippen LogP contribution in [0.1, 0.15) is 52.1 Å². The third kappa shape index (κ3) is 3.56. The maximum atomic E-state index is 13.6. The van der Waals surface area contributed by atoms with Gasteiger partial charge in [0.15, 0.2) is 5.82 Å². The van der Waals surface area contributed by atoms with Gasteiger partial charge >= 0.3 is 0 Å². The first-order chi connectivity index (χ1) is 16.3. The second kappa shape index (κ2) is 8.10. The lowest BCUT2D eigenvalue weighted by Gasteiger charge is -2.33. The second-order valence-corrected chi connectivity index (χ2v) is 10.8. The van der Waals surface area contributed by atoms with E-state index in [1.807, 2.05) is 31.2 Å². The molecule has 0 unspecified atom stereocenters. The van der Waals surface area contributed by atoms with Crippen LogP contribution in [0.2, 0.25) is 5.02 Å². The molecule has 4 heterocycles. The number of hydrogen-bond donors (Lipinski definition) is 1. The molecule has 2 aromatic heterocycles. The molecule has 3 aromatic rings. The highest BCUT2D eigenvalue weighted by molar-refractivity contribution is 7.15. The normalized spacial score (nSPS) is 23.2. The lowest BCUT2D eigenvalue weighted by molar-refractivity contribution is -0.141. The highest BCUT2D eigenvalue weighted by Crippen LogP contribution is 2.47. The molecule has 1 amide bonds. The van der Waals surface area contributed by atoms with Gasteiger partial charge in [0.2, 0.25) is 5.91 Å². The third-order valence-electron chi connectivity index (χ3n) is 7.21. The molecule has 3 aliphatic rings. The Labute approximate surface area is 204 Å². The molecule has 0 saturated carbocycles. The van der Waals surface area contributed by atoms with Crippen molar-refractivity contribution < 1.29 is 13.6 Å². The largest absolute Gasteiger partial charge is 0.342 e. The summed E-state index contributed by atoms with van der Waals surface area (Å²) in [6, 6.07) is 7.66. The van der Waals surface area contributed by atoms with Gasteiger partial charge in [0.05, 0.1) is 12.6 Å². The Morgan fingerprint density at radius 3 is 2.74 bits per heavy atom. The van der Waals surface area contributed by atoms with Crippen LogP contribution in [0.5, 0.6) is 0 Å². The van der Waals surface area contributed by atoms with Crippen molar-refractivity contribution in [3.63, 3.8) is 0 Å². The number of carbonyl (C=O) groups excluding carboxylic acids is 1. The van der Waals surface area contributed by atoms with Crippen molar-refractivity contribution in [1.29, 1.82) is 0 Å². The molecule has 1 aromatic carbocycles. The van der Waals surface area contributed by atoms with Crippen molar-refractivity contribution in [1.82, 2.24) is 25.0 Å². The summed E-state index contributed by atoms with van der Waals surface area (Å²) in [4.78, 5) is 16.1. The maximum absolute atomic E-state index is 13.6. The molecule has 1 aliphatic carbocycles. The number of nitrogens with one attached hydrogen (secondary N) is 1. The first-order valence-corrected chi connectivity index (χ1v) is 12.7. The van der Waals surface area contributed by atoms with Crippen molar-refractivity contribution in [2.24, 2.45) is 5.92 Å². The molecule has 6 nitrogen and oxygen atoms in total. The van der Waals surface area contributed by atoms with E-state index in [2.05, 4.69) is 20.1 Å². The van der Waals surface area contributed by atoms with E-state index in [1.165, 1.54) is 10.4 Å². The van der Waals surface area contributed by atoms with Crippen molar-refractivity contribution in [3.05, 3.63) is 62.5 Å². The summed E-state index contributed by atoms with van der Waals surface area (Å²) in [6.07, 6.45) is 0.726. The van der Waals surface area contributed by atoms with Gasteiger partial charge in [0, 0.05) is 47.3 Å². The highest BCUT2D eigenvalue weighted by Gasteiger charge is 2.42. The Hall–Kier alpha value is -2.36.